The van der Waals surface area contributed by atoms with Crippen molar-refractivity contribution in [2.75, 3.05) is 27.2 Å². The third-order valence-corrected chi connectivity index (χ3v) is 4.21. The van der Waals surface area contributed by atoms with Gasteiger partial charge in [-0.15, -0.1) is 0 Å². The van der Waals surface area contributed by atoms with E-state index in [0.717, 1.165) is 18.7 Å². The second kappa shape index (κ2) is 6.58. The maximum Gasteiger partial charge on any atom is 0.327 e. The molecule has 1 N–H and O–H groups in total. The van der Waals surface area contributed by atoms with Crippen molar-refractivity contribution >= 4 is 5.97 Å². The molecule has 1 heterocycles. The standard InChI is InChI=1S/C15H26N4O2/c1-5-21-14(20)15(16-2,12-6-7-12)11-18(3)10-13-17-8-9-19(13)4/h8-9,12,16H,5-7,10-11H2,1-4H3. The van der Waals surface area contributed by atoms with Crippen LogP contribution in [0.15, 0.2) is 12.4 Å². The first kappa shape index (κ1) is 16.0. The van der Waals surface area contributed by atoms with E-state index in [1.807, 2.05) is 38.8 Å². The van der Waals surface area contributed by atoms with E-state index in [0.29, 0.717) is 25.6 Å². The number of hydrogen-bond donors (Lipinski definition) is 1. The molecule has 2 rings (SSSR count). The SMILES string of the molecule is CCOC(=O)C(CN(C)Cc1nccn1C)(NC)C1CC1. The maximum absolute atomic E-state index is 12.5. The van der Waals surface area contributed by atoms with E-state index in [1.165, 1.54) is 0 Å². The predicted octanol–water partition coefficient (Wildman–Crippen LogP) is 0.783. The molecule has 1 atom stereocenters. The lowest BCUT2D eigenvalue weighted by Crippen LogP contribution is -2.59. The molecule has 1 aromatic rings. The fraction of sp³-hybridized carbons (Fsp3) is 0.733. The number of esters is 1. The summed E-state index contributed by atoms with van der Waals surface area (Å²) in [5, 5.41) is 3.24. The van der Waals surface area contributed by atoms with Crippen LogP contribution in [0, 0.1) is 5.92 Å². The van der Waals surface area contributed by atoms with Gasteiger partial charge >= 0.3 is 5.97 Å². The molecule has 0 aliphatic heterocycles. The van der Waals surface area contributed by atoms with E-state index in [2.05, 4.69) is 15.2 Å². The number of aromatic nitrogens is 2. The van der Waals surface area contributed by atoms with Gasteiger partial charge in [-0.1, -0.05) is 0 Å². The molecule has 0 bridgehead atoms. The number of aryl methyl sites for hydroxylation is 1. The molecule has 1 saturated carbocycles. The fourth-order valence-corrected chi connectivity index (χ4v) is 2.85. The molecule has 0 amide bonds. The molecule has 0 spiro atoms. The Kier molecular flexibility index (Phi) is 5.00. The second-order valence-corrected chi connectivity index (χ2v) is 5.84. The van der Waals surface area contributed by atoms with Gasteiger partial charge in [0.05, 0.1) is 13.2 Å². The summed E-state index contributed by atoms with van der Waals surface area (Å²) >= 11 is 0. The Labute approximate surface area is 126 Å². The van der Waals surface area contributed by atoms with Crippen LogP contribution in [0.1, 0.15) is 25.6 Å². The highest BCUT2D eigenvalue weighted by Crippen LogP contribution is 2.40. The van der Waals surface area contributed by atoms with E-state index in [4.69, 9.17) is 4.74 Å². The Balaban J connectivity index is 2.07. The molecule has 0 saturated heterocycles. The fourth-order valence-electron chi connectivity index (χ4n) is 2.85. The number of carbonyl (C=O) groups excluding carboxylic acids is 1. The zero-order valence-corrected chi connectivity index (χ0v) is 13.4. The molecular weight excluding hydrogens is 268 g/mol. The van der Waals surface area contributed by atoms with Crippen molar-refractivity contribution < 1.29 is 9.53 Å². The normalized spacial score (nSPS) is 17.8. The zero-order chi connectivity index (χ0) is 15.5. The third-order valence-electron chi connectivity index (χ3n) is 4.21. The highest BCUT2D eigenvalue weighted by molar-refractivity contribution is 5.82. The summed E-state index contributed by atoms with van der Waals surface area (Å²) in [6.45, 7) is 3.60. The summed E-state index contributed by atoms with van der Waals surface area (Å²) in [6, 6.07) is 0. The van der Waals surface area contributed by atoms with Gasteiger partial charge < -0.3 is 14.6 Å². The molecule has 0 aromatic carbocycles. The minimum atomic E-state index is -0.601. The van der Waals surface area contributed by atoms with Gasteiger partial charge in [0.2, 0.25) is 0 Å². The van der Waals surface area contributed by atoms with Crippen molar-refractivity contribution in [3.63, 3.8) is 0 Å². The van der Waals surface area contributed by atoms with Crippen LogP contribution in [0.5, 0.6) is 0 Å². The Bertz CT molecular complexity index is 484. The van der Waals surface area contributed by atoms with E-state index in [-0.39, 0.29) is 5.97 Å². The predicted molar refractivity (Wildman–Crippen MR) is 80.7 cm³/mol. The lowest BCUT2D eigenvalue weighted by atomic mass is 9.92. The average Bonchev–Trinajstić information content (AvgIpc) is 3.22. The van der Waals surface area contributed by atoms with Gasteiger partial charge in [-0.05, 0) is 39.8 Å². The molecule has 1 fully saturated rings. The minimum Gasteiger partial charge on any atom is -0.465 e. The van der Waals surface area contributed by atoms with Gasteiger partial charge in [-0.3, -0.25) is 4.90 Å². The van der Waals surface area contributed by atoms with E-state index >= 15 is 0 Å². The lowest BCUT2D eigenvalue weighted by Gasteiger charge is -2.35. The van der Waals surface area contributed by atoms with E-state index in [9.17, 15) is 4.79 Å². The summed E-state index contributed by atoms with van der Waals surface area (Å²) in [5.41, 5.74) is -0.601. The Morgan fingerprint density at radius 2 is 2.33 bits per heavy atom. The molecule has 6 nitrogen and oxygen atoms in total. The van der Waals surface area contributed by atoms with Crippen molar-refractivity contribution in [3.05, 3.63) is 18.2 Å². The van der Waals surface area contributed by atoms with Crippen LogP contribution in [0.25, 0.3) is 0 Å². The monoisotopic (exact) mass is 294 g/mol. The number of nitrogens with zero attached hydrogens (tertiary/aromatic N) is 3. The maximum atomic E-state index is 12.5. The molecule has 1 aliphatic rings. The Morgan fingerprint density at radius 3 is 2.81 bits per heavy atom. The van der Waals surface area contributed by atoms with Crippen LogP contribution in [0.3, 0.4) is 0 Å². The first-order valence-electron chi connectivity index (χ1n) is 7.54. The van der Waals surface area contributed by atoms with Crippen LogP contribution < -0.4 is 5.32 Å². The highest BCUT2D eigenvalue weighted by Gasteiger charge is 2.51. The van der Waals surface area contributed by atoms with Crippen LogP contribution >= 0.6 is 0 Å². The van der Waals surface area contributed by atoms with Gasteiger partial charge in [0.1, 0.15) is 11.4 Å². The zero-order valence-electron chi connectivity index (χ0n) is 13.4. The Morgan fingerprint density at radius 1 is 1.62 bits per heavy atom. The quantitative estimate of drug-likeness (QED) is 0.718. The first-order valence-corrected chi connectivity index (χ1v) is 7.54. The van der Waals surface area contributed by atoms with E-state index < -0.39 is 5.54 Å². The number of carbonyl (C=O) groups is 1. The number of rotatable bonds is 8. The van der Waals surface area contributed by atoms with Gasteiger partial charge in [0.15, 0.2) is 0 Å². The topological polar surface area (TPSA) is 59.4 Å². The number of hydrogen-bond acceptors (Lipinski definition) is 5. The molecule has 1 unspecified atom stereocenters. The van der Waals surface area contributed by atoms with Crippen molar-refractivity contribution in [1.82, 2.24) is 19.8 Å². The second-order valence-electron chi connectivity index (χ2n) is 5.84. The Hall–Kier alpha value is -1.40. The van der Waals surface area contributed by atoms with Crippen molar-refractivity contribution in [1.29, 1.82) is 0 Å². The van der Waals surface area contributed by atoms with Crippen LogP contribution in [0.2, 0.25) is 0 Å². The number of imidazole rings is 1. The largest absolute Gasteiger partial charge is 0.465 e. The van der Waals surface area contributed by atoms with Gasteiger partial charge in [-0.25, -0.2) is 9.78 Å². The van der Waals surface area contributed by atoms with Crippen LogP contribution in [-0.4, -0.2) is 53.2 Å². The summed E-state index contributed by atoms with van der Waals surface area (Å²) in [6.07, 6.45) is 5.88. The molecule has 1 aromatic heterocycles. The third kappa shape index (κ3) is 3.44. The first-order chi connectivity index (χ1) is 10.0. The summed E-state index contributed by atoms with van der Waals surface area (Å²) in [4.78, 5) is 18.9. The summed E-state index contributed by atoms with van der Waals surface area (Å²) in [7, 11) is 5.85. The number of nitrogens with one attached hydrogen (secondary N) is 1. The van der Waals surface area contributed by atoms with Crippen molar-refractivity contribution in [2.24, 2.45) is 13.0 Å². The minimum absolute atomic E-state index is 0.137. The molecular formula is C15H26N4O2. The highest BCUT2D eigenvalue weighted by atomic mass is 16.5. The van der Waals surface area contributed by atoms with Crippen molar-refractivity contribution in [3.8, 4) is 0 Å². The van der Waals surface area contributed by atoms with Crippen molar-refractivity contribution in [2.45, 2.75) is 31.8 Å². The summed E-state index contributed by atoms with van der Waals surface area (Å²) < 4.78 is 7.31. The molecule has 21 heavy (non-hydrogen) atoms. The van der Waals surface area contributed by atoms with Gasteiger partial charge in [-0.2, -0.15) is 0 Å². The number of likely N-dealkylation sites (N-methyl/N-ethyl adjacent to an activating group) is 2. The molecule has 0 radical (unpaired) electrons. The lowest BCUT2D eigenvalue weighted by molar-refractivity contribution is -0.153. The van der Waals surface area contributed by atoms with Crippen LogP contribution in [-0.2, 0) is 23.1 Å². The van der Waals surface area contributed by atoms with Gasteiger partial charge in [0.25, 0.3) is 0 Å². The van der Waals surface area contributed by atoms with Crippen LogP contribution in [0.4, 0.5) is 0 Å². The summed E-state index contributed by atoms with van der Waals surface area (Å²) in [5.74, 6) is 1.22. The smallest absolute Gasteiger partial charge is 0.327 e. The van der Waals surface area contributed by atoms with E-state index in [1.54, 1.807) is 6.20 Å². The molecule has 6 heteroatoms. The molecule has 1 aliphatic carbocycles. The molecule has 118 valence electrons. The number of ether oxygens (including phenoxy) is 1. The average molecular weight is 294 g/mol. The van der Waals surface area contributed by atoms with Gasteiger partial charge in [0, 0.05) is 26.0 Å².